The van der Waals surface area contributed by atoms with Crippen molar-refractivity contribution < 1.29 is 52.0 Å². The number of hydrogen-bond acceptors (Lipinski definition) is 9. The van der Waals surface area contributed by atoms with Gasteiger partial charge in [-0.25, -0.2) is 4.79 Å². The van der Waals surface area contributed by atoms with Gasteiger partial charge >= 0.3 is 12.3 Å². The smallest absolute Gasteiger partial charge is 0.507 e. The lowest BCUT2D eigenvalue weighted by atomic mass is 10.0. The van der Waals surface area contributed by atoms with Gasteiger partial charge in [0.25, 0.3) is 5.95 Å². The standard InChI is InChI=1S/C31H29Cl2F3O9S/c1-3-8-21-23(13-12-19(17(2)37)27(21)39)43-14-7-5-4-6-9-25(28(40)30(32,33)31(34,35)36)46-18-10-11-20-22(38)16-26(45-29(41)42)44-24(20)15-18/h4-6,9-13,15-16,25,28,39-40H,3,7-8,14H2,1-2H3,(H,41,42)/b5-4-,9-6+/t25-,28+/m0/s1. The van der Waals surface area contributed by atoms with Crippen LogP contribution in [0.5, 0.6) is 17.4 Å². The Bertz CT molecular complexity index is 1690. The van der Waals surface area contributed by atoms with Crippen molar-refractivity contribution in [2.75, 3.05) is 6.61 Å². The summed E-state index contributed by atoms with van der Waals surface area (Å²) < 4.78 is 52.7. The van der Waals surface area contributed by atoms with Gasteiger partial charge in [0.1, 0.15) is 23.2 Å². The lowest BCUT2D eigenvalue weighted by molar-refractivity contribution is -0.160. The van der Waals surface area contributed by atoms with Crippen molar-refractivity contribution in [1.82, 2.24) is 0 Å². The molecule has 0 aliphatic heterocycles. The van der Waals surface area contributed by atoms with Crippen molar-refractivity contribution in [3.63, 3.8) is 0 Å². The Labute approximate surface area is 275 Å². The van der Waals surface area contributed by atoms with Crippen LogP contribution in [0.1, 0.15) is 42.6 Å². The number of aromatic hydroxyl groups is 1. The largest absolute Gasteiger partial charge is 0.513 e. The van der Waals surface area contributed by atoms with Crippen molar-refractivity contribution in [3.8, 4) is 17.4 Å². The van der Waals surface area contributed by atoms with E-state index in [1.54, 1.807) is 12.1 Å². The molecule has 0 unspecified atom stereocenters. The molecule has 0 saturated heterocycles. The summed E-state index contributed by atoms with van der Waals surface area (Å²) in [6.45, 7) is 3.45. The highest BCUT2D eigenvalue weighted by Crippen LogP contribution is 2.46. The fourth-order valence-corrected chi connectivity index (χ4v) is 5.74. The van der Waals surface area contributed by atoms with Crippen LogP contribution in [0, 0.1) is 0 Å². The van der Waals surface area contributed by atoms with Gasteiger partial charge in [-0.05, 0) is 50.1 Å². The Morgan fingerprint density at radius 3 is 2.48 bits per heavy atom. The van der Waals surface area contributed by atoms with Crippen LogP contribution in [0.15, 0.2) is 74.8 Å². The summed E-state index contributed by atoms with van der Waals surface area (Å²) in [5.74, 6) is -0.584. The minimum Gasteiger partial charge on any atom is -0.507 e. The molecule has 0 spiro atoms. The molecule has 0 radical (unpaired) electrons. The molecule has 9 nitrogen and oxygen atoms in total. The first-order valence-corrected chi connectivity index (χ1v) is 15.3. The van der Waals surface area contributed by atoms with E-state index >= 15 is 0 Å². The van der Waals surface area contributed by atoms with Crippen LogP contribution in [-0.2, 0) is 6.42 Å². The lowest BCUT2D eigenvalue weighted by Crippen LogP contribution is -2.49. The fraction of sp³-hybridized carbons (Fsp3) is 0.323. The maximum atomic E-state index is 13.6. The number of aliphatic hydroxyl groups is 1. The molecule has 248 valence electrons. The molecule has 1 aromatic heterocycles. The van der Waals surface area contributed by atoms with E-state index < -0.39 is 39.4 Å². The van der Waals surface area contributed by atoms with Gasteiger partial charge in [0.15, 0.2) is 11.2 Å². The number of phenolic OH excluding ortho intramolecular Hbond substituents is 1. The number of phenols is 1. The maximum absolute atomic E-state index is 13.6. The van der Waals surface area contributed by atoms with Crippen LogP contribution >= 0.6 is 35.0 Å². The third kappa shape index (κ3) is 9.21. The molecular formula is C31H29Cl2F3O9S. The minimum absolute atomic E-state index is 0.0472. The molecule has 2 aromatic carbocycles. The predicted octanol–water partition coefficient (Wildman–Crippen LogP) is 7.85. The van der Waals surface area contributed by atoms with Gasteiger partial charge in [-0.2, -0.15) is 13.2 Å². The average molecular weight is 706 g/mol. The number of carbonyl (C=O) groups excluding carboxylic acids is 1. The van der Waals surface area contributed by atoms with Crippen LogP contribution in [0.25, 0.3) is 11.0 Å². The number of carboxylic acid groups (broad SMARTS) is 1. The third-order valence-electron chi connectivity index (χ3n) is 6.41. The highest BCUT2D eigenvalue weighted by molar-refractivity contribution is 8.00. The van der Waals surface area contributed by atoms with E-state index in [0.717, 1.165) is 17.8 Å². The number of rotatable bonds is 14. The van der Waals surface area contributed by atoms with Gasteiger partial charge in [-0.3, -0.25) is 9.59 Å². The second-order valence-corrected chi connectivity index (χ2v) is 12.4. The molecule has 3 aromatic rings. The average Bonchev–Trinajstić information content (AvgIpc) is 2.96. The van der Waals surface area contributed by atoms with Crippen LogP contribution in [0.2, 0.25) is 0 Å². The Morgan fingerprint density at radius 2 is 1.85 bits per heavy atom. The summed E-state index contributed by atoms with van der Waals surface area (Å²) >= 11 is 11.8. The number of ketones is 1. The number of aliphatic hydroxyl groups excluding tert-OH is 1. The first-order chi connectivity index (χ1) is 21.6. The maximum Gasteiger partial charge on any atom is 0.513 e. The SMILES string of the molecule is CCCc1c(OCC/C=C\C=C\[C@H](Sc2ccc3c(=O)cc(OC(=O)O)oc3c2)[C@@H](O)C(Cl)(Cl)C(F)(F)F)ccc(C(C)=O)c1O. The number of allylic oxidation sites excluding steroid dienone is 2. The Morgan fingerprint density at radius 1 is 1.13 bits per heavy atom. The topological polar surface area (TPSA) is 144 Å². The molecule has 2 atom stereocenters. The summed E-state index contributed by atoms with van der Waals surface area (Å²) in [5.41, 5.74) is -0.0225. The molecule has 3 rings (SSSR count). The molecule has 0 aliphatic carbocycles. The number of fused-ring (bicyclic) bond motifs is 1. The van der Waals surface area contributed by atoms with Crippen LogP contribution < -0.4 is 14.9 Å². The highest BCUT2D eigenvalue weighted by Gasteiger charge is 2.59. The van der Waals surface area contributed by atoms with E-state index in [1.807, 2.05) is 6.92 Å². The van der Waals surface area contributed by atoms with Crippen molar-refractivity contribution >= 4 is 57.9 Å². The van der Waals surface area contributed by atoms with Crippen molar-refractivity contribution in [3.05, 3.63) is 82.1 Å². The number of hydrogen-bond donors (Lipinski definition) is 3. The number of ether oxygens (including phenoxy) is 2. The zero-order chi connectivity index (χ0) is 34.2. The quantitative estimate of drug-likeness (QED) is 0.0379. The Hall–Kier alpha value is -3.65. The zero-order valence-corrected chi connectivity index (χ0v) is 26.7. The van der Waals surface area contributed by atoms with Crippen LogP contribution in [-0.4, -0.2) is 55.7 Å². The highest BCUT2D eigenvalue weighted by atomic mass is 35.5. The summed E-state index contributed by atoms with van der Waals surface area (Å²) in [5, 5.41) is 28.6. The van der Waals surface area contributed by atoms with Gasteiger partial charge in [0.05, 0.1) is 28.9 Å². The molecule has 0 amide bonds. The summed E-state index contributed by atoms with van der Waals surface area (Å²) in [7, 11) is 0. The second-order valence-electron chi connectivity index (χ2n) is 9.80. The third-order valence-corrected chi connectivity index (χ3v) is 8.50. The molecule has 1 heterocycles. The number of alkyl halides is 5. The first kappa shape index (κ1) is 36.8. The minimum atomic E-state index is -5.19. The molecule has 15 heteroatoms. The summed E-state index contributed by atoms with van der Waals surface area (Å²) in [4.78, 5) is 35.1. The number of halogens is 5. The number of thioether (sulfide) groups is 1. The molecule has 0 fully saturated rings. The van der Waals surface area contributed by atoms with Gasteiger partial charge in [-0.15, -0.1) is 11.8 Å². The van der Waals surface area contributed by atoms with Gasteiger partial charge < -0.3 is 29.2 Å². The van der Waals surface area contributed by atoms with Crippen LogP contribution in [0.3, 0.4) is 0 Å². The fourth-order valence-electron chi connectivity index (χ4n) is 4.18. The molecule has 0 bridgehead atoms. The van der Waals surface area contributed by atoms with E-state index in [0.29, 0.717) is 30.6 Å². The molecule has 0 aliphatic rings. The Balaban J connectivity index is 1.78. The first-order valence-electron chi connectivity index (χ1n) is 13.7. The molecule has 0 saturated carbocycles. The molecule has 3 N–H and O–H groups in total. The number of carbonyl (C=O) groups is 2. The zero-order valence-electron chi connectivity index (χ0n) is 24.3. The molecule has 46 heavy (non-hydrogen) atoms. The van der Waals surface area contributed by atoms with E-state index in [9.17, 15) is 37.8 Å². The second kappa shape index (κ2) is 15.8. The number of Topliss-reactive ketones (excluding diaryl/α,β-unsaturated/α-hetero) is 1. The van der Waals surface area contributed by atoms with E-state index in [4.69, 9.17) is 37.5 Å². The predicted molar refractivity (Wildman–Crippen MR) is 168 cm³/mol. The van der Waals surface area contributed by atoms with Crippen molar-refractivity contribution in [2.24, 2.45) is 0 Å². The van der Waals surface area contributed by atoms with Gasteiger partial charge in [0, 0.05) is 10.5 Å². The van der Waals surface area contributed by atoms with E-state index in [2.05, 4.69) is 4.74 Å². The Kier molecular flexibility index (Phi) is 12.6. The monoisotopic (exact) mass is 704 g/mol. The van der Waals surface area contributed by atoms with Gasteiger partial charge in [0.2, 0.25) is 4.33 Å². The lowest BCUT2D eigenvalue weighted by Gasteiger charge is -2.31. The van der Waals surface area contributed by atoms with E-state index in [-0.39, 0.29) is 39.6 Å². The van der Waals surface area contributed by atoms with Crippen molar-refractivity contribution in [1.29, 1.82) is 0 Å². The normalized spacial score (nSPS) is 13.7. The van der Waals surface area contributed by atoms with E-state index in [1.165, 1.54) is 49.4 Å². The molecular weight excluding hydrogens is 676 g/mol. The summed E-state index contributed by atoms with van der Waals surface area (Å²) in [6, 6.07) is 7.90. The summed E-state index contributed by atoms with van der Waals surface area (Å²) in [6.07, 6.45) is -1.93. The van der Waals surface area contributed by atoms with Crippen molar-refractivity contribution in [2.45, 2.75) is 59.9 Å². The van der Waals surface area contributed by atoms with Gasteiger partial charge in [-0.1, -0.05) is 60.9 Å². The van der Waals surface area contributed by atoms with Crippen LogP contribution in [0.4, 0.5) is 18.0 Å². The number of benzene rings is 2.